The number of nitrogens with zero attached hydrogens (tertiary/aromatic N) is 1. The fourth-order valence-electron chi connectivity index (χ4n) is 1.66. The number of nitrogens with one attached hydrogen (secondary N) is 1. The van der Waals surface area contributed by atoms with Gasteiger partial charge in [-0.05, 0) is 31.0 Å². The first-order valence-electron chi connectivity index (χ1n) is 6.39. The van der Waals surface area contributed by atoms with Crippen LogP contribution in [0.25, 0.3) is 0 Å². The summed E-state index contributed by atoms with van der Waals surface area (Å²) >= 11 is 6.04. The van der Waals surface area contributed by atoms with Crippen molar-refractivity contribution in [3.05, 3.63) is 28.8 Å². The number of methoxy groups -OCH3 is 1. The Morgan fingerprint density at radius 2 is 2.16 bits per heavy atom. The highest BCUT2D eigenvalue weighted by molar-refractivity contribution is 6.31. The summed E-state index contributed by atoms with van der Waals surface area (Å²) in [5, 5.41) is 3.50. The Bertz CT molecular complexity index is 424. The number of benzene rings is 1. The number of aryl methyl sites for hydroxylation is 1. The molecule has 0 radical (unpaired) electrons. The molecule has 1 N–H and O–H groups in total. The number of anilines is 1. The fraction of sp³-hybridized carbons (Fsp3) is 0.500. The maximum atomic E-state index is 12.1. The van der Waals surface area contributed by atoms with E-state index >= 15 is 0 Å². The average molecular weight is 285 g/mol. The van der Waals surface area contributed by atoms with Crippen molar-refractivity contribution in [2.45, 2.75) is 20.3 Å². The molecular weight excluding hydrogens is 264 g/mol. The summed E-state index contributed by atoms with van der Waals surface area (Å²) in [7, 11) is 1.63. The summed E-state index contributed by atoms with van der Waals surface area (Å²) in [6, 6.07) is 5.37. The van der Waals surface area contributed by atoms with Crippen LogP contribution in [0.1, 0.15) is 18.9 Å². The van der Waals surface area contributed by atoms with Gasteiger partial charge in [-0.1, -0.05) is 24.6 Å². The van der Waals surface area contributed by atoms with Gasteiger partial charge in [-0.15, -0.1) is 0 Å². The number of hydrogen-bond acceptors (Lipinski definition) is 2. The molecule has 0 saturated carbocycles. The Morgan fingerprint density at radius 1 is 1.42 bits per heavy atom. The molecule has 0 aliphatic rings. The van der Waals surface area contributed by atoms with E-state index in [1.165, 1.54) is 0 Å². The van der Waals surface area contributed by atoms with Crippen molar-refractivity contribution in [3.8, 4) is 0 Å². The second kappa shape index (κ2) is 8.02. The highest BCUT2D eigenvalue weighted by Crippen LogP contribution is 2.20. The van der Waals surface area contributed by atoms with Crippen LogP contribution in [0.5, 0.6) is 0 Å². The van der Waals surface area contributed by atoms with Crippen LogP contribution in [0.15, 0.2) is 18.2 Å². The molecule has 0 aromatic heterocycles. The average Bonchev–Trinajstić information content (AvgIpc) is 2.38. The molecule has 0 atom stereocenters. The fourth-order valence-corrected chi connectivity index (χ4v) is 1.84. The molecule has 1 rings (SSSR count). The molecule has 0 saturated heterocycles. The van der Waals surface area contributed by atoms with Gasteiger partial charge in [0.05, 0.1) is 6.61 Å². The molecule has 1 aromatic rings. The molecule has 0 spiro atoms. The molecule has 5 heteroatoms. The van der Waals surface area contributed by atoms with Crippen molar-refractivity contribution in [2.24, 2.45) is 0 Å². The number of hydrogen-bond donors (Lipinski definition) is 1. The lowest BCUT2D eigenvalue weighted by molar-refractivity contribution is 0.155. The van der Waals surface area contributed by atoms with Gasteiger partial charge in [-0.3, -0.25) is 0 Å². The van der Waals surface area contributed by atoms with Gasteiger partial charge >= 0.3 is 6.03 Å². The van der Waals surface area contributed by atoms with E-state index in [1.807, 2.05) is 26.0 Å². The molecule has 2 amide bonds. The van der Waals surface area contributed by atoms with Gasteiger partial charge in [-0.25, -0.2) is 4.79 Å². The van der Waals surface area contributed by atoms with Crippen molar-refractivity contribution in [3.63, 3.8) is 0 Å². The number of carbonyl (C=O) groups excluding carboxylic acids is 1. The summed E-state index contributed by atoms with van der Waals surface area (Å²) < 4.78 is 5.01. The summed E-state index contributed by atoms with van der Waals surface area (Å²) in [5.41, 5.74) is 1.70. The number of rotatable bonds is 6. The largest absolute Gasteiger partial charge is 0.383 e. The first-order valence-corrected chi connectivity index (χ1v) is 6.77. The Kier molecular flexibility index (Phi) is 6.67. The smallest absolute Gasteiger partial charge is 0.321 e. The van der Waals surface area contributed by atoms with E-state index in [2.05, 4.69) is 5.32 Å². The van der Waals surface area contributed by atoms with Crippen LogP contribution in [0, 0.1) is 6.92 Å². The summed E-state index contributed by atoms with van der Waals surface area (Å²) in [5.74, 6) is 0. The van der Waals surface area contributed by atoms with Crippen LogP contribution >= 0.6 is 11.6 Å². The molecule has 4 nitrogen and oxygen atoms in total. The van der Waals surface area contributed by atoms with Crippen molar-refractivity contribution in [2.75, 3.05) is 32.1 Å². The van der Waals surface area contributed by atoms with Gasteiger partial charge in [0, 0.05) is 30.9 Å². The third-order valence-corrected chi connectivity index (χ3v) is 3.18. The number of ether oxygens (including phenoxy) is 1. The Balaban J connectivity index is 2.66. The topological polar surface area (TPSA) is 41.6 Å². The molecule has 0 heterocycles. The van der Waals surface area contributed by atoms with Crippen molar-refractivity contribution >= 4 is 23.3 Å². The van der Waals surface area contributed by atoms with Crippen molar-refractivity contribution in [1.29, 1.82) is 0 Å². The first-order chi connectivity index (χ1) is 9.08. The quantitative estimate of drug-likeness (QED) is 0.868. The number of amides is 2. The van der Waals surface area contributed by atoms with Crippen LogP contribution in [0.3, 0.4) is 0 Å². The Labute approximate surface area is 119 Å². The maximum absolute atomic E-state index is 12.1. The van der Waals surface area contributed by atoms with Gasteiger partial charge in [0.25, 0.3) is 0 Å². The van der Waals surface area contributed by atoms with E-state index < -0.39 is 0 Å². The van der Waals surface area contributed by atoms with E-state index in [1.54, 1.807) is 18.1 Å². The number of urea groups is 1. The molecule has 0 fully saturated rings. The van der Waals surface area contributed by atoms with Gasteiger partial charge in [0.15, 0.2) is 0 Å². The van der Waals surface area contributed by atoms with Gasteiger partial charge in [0.1, 0.15) is 0 Å². The highest BCUT2D eigenvalue weighted by Gasteiger charge is 2.12. The second-order valence-electron chi connectivity index (χ2n) is 4.37. The SMILES string of the molecule is CCCN(CCOC)C(=O)Nc1ccc(C)c(Cl)c1. The molecule has 0 unspecified atom stereocenters. The van der Waals surface area contributed by atoms with Crippen LogP contribution in [0.2, 0.25) is 5.02 Å². The maximum Gasteiger partial charge on any atom is 0.321 e. The van der Waals surface area contributed by atoms with Crippen molar-refractivity contribution in [1.82, 2.24) is 4.90 Å². The zero-order chi connectivity index (χ0) is 14.3. The minimum Gasteiger partial charge on any atom is -0.383 e. The van der Waals surface area contributed by atoms with Gasteiger partial charge in [-0.2, -0.15) is 0 Å². The first kappa shape index (κ1) is 15.8. The van der Waals surface area contributed by atoms with Crippen LogP contribution < -0.4 is 5.32 Å². The molecule has 0 aliphatic carbocycles. The minimum absolute atomic E-state index is 0.126. The standard InChI is InChI=1S/C14H21ClN2O2/c1-4-7-17(8-9-19-3)14(18)16-12-6-5-11(2)13(15)10-12/h5-6,10H,4,7-9H2,1-3H3,(H,16,18). The summed E-state index contributed by atoms with van der Waals surface area (Å²) in [4.78, 5) is 13.9. The molecule has 1 aromatic carbocycles. The number of carbonyl (C=O) groups is 1. The zero-order valence-corrected chi connectivity index (χ0v) is 12.5. The van der Waals surface area contributed by atoms with Crippen LogP contribution in [0.4, 0.5) is 10.5 Å². The van der Waals surface area contributed by atoms with Gasteiger partial charge < -0.3 is 15.0 Å². The highest BCUT2D eigenvalue weighted by atomic mass is 35.5. The van der Waals surface area contributed by atoms with Crippen LogP contribution in [-0.4, -0.2) is 37.7 Å². The predicted octanol–water partition coefficient (Wildman–Crippen LogP) is 3.54. The lowest BCUT2D eigenvalue weighted by Crippen LogP contribution is -2.37. The van der Waals surface area contributed by atoms with E-state index in [9.17, 15) is 4.79 Å². The van der Waals surface area contributed by atoms with Crippen molar-refractivity contribution < 1.29 is 9.53 Å². The molecule has 19 heavy (non-hydrogen) atoms. The molecular formula is C14H21ClN2O2. The molecule has 106 valence electrons. The summed E-state index contributed by atoms with van der Waals surface area (Å²) in [6.07, 6.45) is 0.909. The third kappa shape index (κ3) is 5.09. The van der Waals surface area contributed by atoms with Crippen LogP contribution in [-0.2, 0) is 4.74 Å². The lowest BCUT2D eigenvalue weighted by atomic mass is 10.2. The molecule has 0 aliphatic heterocycles. The zero-order valence-electron chi connectivity index (χ0n) is 11.7. The monoisotopic (exact) mass is 284 g/mol. The predicted molar refractivity (Wildman–Crippen MR) is 78.9 cm³/mol. The lowest BCUT2D eigenvalue weighted by Gasteiger charge is -2.22. The normalized spacial score (nSPS) is 10.3. The minimum atomic E-state index is -0.126. The van der Waals surface area contributed by atoms with E-state index in [0.717, 1.165) is 12.0 Å². The van der Waals surface area contributed by atoms with Gasteiger partial charge in [0.2, 0.25) is 0 Å². The Morgan fingerprint density at radius 3 is 2.74 bits per heavy atom. The third-order valence-electron chi connectivity index (χ3n) is 2.77. The summed E-state index contributed by atoms with van der Waals surface area (Å²) in [6.45, 7) is 5.78. The van der Waals surface area contributed by atoms with E-state index in [4.69, 9.17) is 16.3 Å². The van der Waals surface area contributed by atoms with E-state index in [0.29, 0.717) is 30.4 Å². The number of halogens is 1. The van der Waals surface area contributed by atoms with E-state index in [-0.39, 0.29) is 6.03 Å². The Hall–Kier alpha value is -1.26. The second-order valence-corrected chi connectivity index (χ2v) is 4.78. The molecule has 0 bridgehead atoms.